The van der Waals surface area contributed by atoms with E-state index in [4.69, 9.17) is 10.1 Å². The van der Waals surface area contributed by atoms with Crippen LogP contribution in [-0.4, -0.2) is 33.1 Å². The minimum atomic E-state index is -0.0374. The zero-order chi connectivity index (χ0) is 22.6. The van der Waals surface area contributed by atoms with E-state index in [1.165, 1.54) is 5.56 Å². The van der Waals surface area contributed by atoms with Crippen molar-refractivity contribution in [3.8, 4) is 0 Å². The third-order valence-corrected chi connectivity index (χ3v) is 6.14. The number of hydrazone groups is 1. The Bertz CT molecular complexity index is 1310. The standard InChI is InChI=1S/C28H26N4O/c1-20-8-7-13-26(30-20)27(19-22-14-16-29-25-12-6-5-11-24(22)25)31-32-17-15-23(28(32)33)18-21-9-3-2-4-10-21/h2-14,16,23H,15,17-19H2,1H3/b31-27+. The third-order valence-electron chi connectivity index (χ3n) is 6.14. The number of rotatable bonds is 6. The molecule has 5 heteroatoms. The maximum Gasteiger partial charge on any atom is 0.246 e. The molecule has 0 N–H and O–H groups in total. The maximum absolute atomic E-state index is 13.2. The molecule has 0 aliphatic carbocycles. The van der Waals surface area contributed by atoms with Crippen molar-refractivity contribution in [2.24, 2.45) is 11.0 Å². The number of para-hydroxylation sites is 1. The number of amides is 1. The average molecular weight is 435 g/mol. The predicted molar refractivity (Wildman–Crippen MR) is 131 cm³/mol. The first-order valence-corrected chi connectivity index (χ1v) is 11.4. The van der Waals surface area contributed by atoms with Gasteiger partial charge < -0.3 is 0 Å². The molecule has 0 bridgehead atoms. The second kappa shape index (κ2) is 9.33. The lowest BCUT2D eigenvalue weighted by molar-refractivity contribution is -0.130. The number of hydrogen-bond acceptors (Lipinski definition) is 4. The van der Waals surface area contributed by atoms with Crippen molar-refractivity contribution >= 4 is 22.5 Å². The van der Waals surface area contributed by atoms with Crippen LogP contribution in [0, 0.1) is 12.8 Å². The van der Waals surface area contributed by atoms with Gasteiger partial charge in [-0.1, -0.05) is 54.6 Å². The first kappa shape index (κ1) is 21.0. The van der Waals surface area contributed by atoms with Gasteiger partial charge in [0.1, 0.15) is 0 Å². The van der Waals surface area contributed by atoms with Gasteiger partial charge in [-0.05, 0) is 55.2 Å². The van der Waals surface area contributed by atoms with Gasteiger partial charge in [-0.25, -0.2) is 5.01 Å². The summed E-state index contributed by atoms with van der Waals surface area (Å²) in [6.07, 6.45) is 3.96. The molecule has 1 fully saturated rings. The molecule has 3 heterocycles. The quantitative estimate of drug-likeness (QED) is 0.402. The SMILES string of the molecule is Cc1cccc(/C(Cc2ccnc3ccccc23)=N/N2CCC(Cc3ccccc3)C2=O)n1. The minimum absolute atomic E-state index is 0.0374. The highest BCUT2D eigenvalue weighted by Gasteiger charge is 2.32. The molecule has 33 heavy (non-hydrogen) atoms. The van der Waals surface area contributed by atoms with Crippen LogP contribution in [0.25, 0.3) is 10.9 Å². The zero-order valence-corrected chi connectivity index (χ0v) is 18.7. The molecule has 164 valence electrons. The van der Waals surface area contributed by atoms with Gasteiger partial charge in [-0.2, -0.15) is 5.10 Å². The zero-order valence-electron chi connectivity index (χ0n) is 18.7. The first-order valence-electron chi connectivity index (χ1n) is 11.4. The molecule has 1 aliphatic rings. The van der Waals surface area contributed by atoms with Crippen LogP contribution in [0.5, 0.6) is 0 Å². The smallest absolute Gasteiger partial charge is 0.246 e. The van der Waals surface area contributed by atoms with Crippen LogP contribution >= 0.6 is 0 Å². The summed E-state index contributed by atoms with van der Waals surface area (Å²) in [4.78, 5) is 22.4. The Hall–Kier alpha value is -3.86. The van der Waals surface area contributed by atoms with Gasteiger partial charge >= 0.3 is 0 Å². The molecule has 4 aromatic rings. The van der Waals surface area contributed by atoms with E-state index < -0.39 is 0 Å². The lowest BCUT2D eigenvalue weighted by Crippen LogP contribution is -2.26. The predicted octanol–water partition coefficient (Wildman–Crippen LogP) is 4.98. The molecule has 1 atom stereocenters. The number of aromatic nitrogens is 2. The summed E-state index contributed by atoms with van der Waals surface area (Å²) in [5.74, 6) is 0.0493. The normalized spacial score (nSPS) is 16.5. The Labute approximate surface area is 193 Å². The van der Waals surface area contributed by atoms with Gasteiger partial charge in [-0.15, -0.1) is 0 Å². The number of benzene rings is 2. The Kier molecular flexibility index (Phi) is 5.94. The fourth-order valence-corrected chi connectivity index (χ4v) is 4.43. The number of hydrogen-bond donors (Lipinski definition) is 0. The second-order valence-electron chi connectivity index (χ2n) is 8.51. The van der Waals surface area contributed by atoms with Gasteiger partial charge in [0.25, 0.3) is 0 Å². The van der Waals surface area contributed by atoms with E-state index in [1.807, 2.05) is 73.8 Å². The number of carbonyl (C=O) groups excluding carboxylic acids is 1. The second-order valence-corrected chi connectivity index (χ2v) is 8.51. The fraction of sp³-hybridized carbons (Fsp3) is 0.214. The van der Waals surface area contributed by atoms with Crippen LogP contribution in [0.2, 0.25) is 0 Å². The molecule has 2 aromatic carbocycles. The maximum atomic E-state index is 13.2. The summed E-state index contributed by atoms with van der Waals surface area (Å²) < 4.78 is 0. The van der Waals surface area contributed by atoms with E-state index in [1.54, 1.807) is 5.01 Å². The highest BCUT2D eigenvalue weighted by Crippen LogP contribution is 2.24. The molecule has 1 unspecified atom stereocenters. The van der Waals surface area contributed by atoms with Crippen LogP contribution in [-0.2, 0) is 17.6 Å². The van der Waals surface area contributed by atoms with Gasteiger partial charge in [0, 0.05) is 36.2 Å². The molecule has 0 radical (unpaired) electrons. The number of carbonyl (C=O) groups is 1. The lowest BCUT2D eigenvalue weighted by atomic mass is 9.98. The summed E-state index contributed by atoms with van der Waals surface area (Å²) in [5, 5.41) is 7.62. The minimum Gasteiger partial charge on any atom is -0.273 e. The molecule has 0 spiro atoms. The van der Waals surface area contributed by atoms with Crippen molar-refractivity contribution in [1.29, 1.82) is 0 Å². The molecule has 2 aromatic heterocycles. The van der Waals surface area contributed by atoms with Crippen molar-refractivity contribution in [2.45, 2.75) is 26.2 Å². The molecule has 1 aliphatic heterocycles. The topological polar surface area (TPSA) is 58.5 Å². The fourth-order valence-electron chi connectivity index (χ4n) is 4.43. The van der Waals surface area contributed by atoms with Crippen molar-refractivity contribution in [3.63, 3.8) is 0 Å². The van der Waals surface area contributed by atoms with Crippen LogP contribution in [0.3, 0.4) is 0 Å². The highest BCUT2D eigenvalue weighted by molar-refractivity contribution is 6.02. The largest absolute Gasteiger partial charge is 0.273 e. The van der Waals surface area contributed by atoms with E-state index in [0.717, 1.165) is 46.4 Å². The molecule has 1 saturated heterocycles. The van der Waals surface area contributed by atoms with E-state index >= 15 is 0 Å². The first-order chi connectivity index (χ1) is 16.2. The number of aryl methyl sites for hydroxylation is 1. The number of pyridine rings is 2. The monoisotopic (exact) mass is 434 g/mol. The molecular weight excluding hydrogens is 408 g/mol. The van der Waals surface area contributed by atoms with Crippen molar-refractivity contribution in [2.75, 3.05) is 6.54 Å². The van der Waals surface area contributed by atoms with Crippen molar-refractivity contribution < 1.29 is 4.79 Å². The van der Waals surface area contributed by atoms with E-state index in [9.17, 15) is 4.79 Å². The molecule has 5 rings (SSSR count). The van der Waals surface area contributed by atoms with Crippen LogP contribution in [0.15, 0.2) is 90.2 Å². The molecule has 5 nitrogen and oxygen atoms in total. The summed E-state index contributed by atoms with van der Waals surface area (Å²) in [6.45, 7) is 2.60. The van der Waals surface area contributed by atoms with Gasteiger partial charge in [0.05, 0.1) is 16.9 Å². The van der Waals surface area contributed by atoms with Gasteiger partial charge in [0.15, 0.2) is 0 Å². The van der Waals surface area contributed by atoms with Crippen LogP contribution in [0.4, 0.5) is 0 Å². The summed E-state index contributed by atoms with van der Waals surface area (Å²) >= 11 is 0. The van der Waals surface area contributed by atoms with Gasteiger partial charge in [0.2, 0.25) is 5.91 Å². The molecular formula is C28H26N4O. The number of fused-ring (bicyclic) bond motifs is 1. The summed E-state index contributed by atoms with van der Waals surface area (Å²) in [6, 6.07) is 26.3. The van der Waals surface area contributed by atoms with E-state index in [-0.39, 0.29) is 11.8 Å². The van der Waals surface area contributed by atoms with E-state index in [2.05, 4.69) is 23.2 Å². The highest BCUT2D eigenvalue weighted by atomic mass is 16.2. The van der Waals surface area contributed by atoms with Crippen molar-refractivity contribution in [3.05, 3.63) is 108 Å². The van der Waals surface area contributed by atoms with E-state index in [0.29, 0.717) is 13.0 Å². The Morgan fingerprint density at radius 3 is 2.67 bits per heavy atom. The Balaban J connectivity index is 1.46. The summed E-state index contributed by atoms with van der Waals surface area (Å²) in [7, 11) is 0. The molecule has 1 amide bonds. The lowest BCUT2D eigenvalue weighted by Gasteiger charge is -2.15. The third kappa shape index (κ3) is 4.67. The Morgan fingerprint density at radius 2 is 1.82 bits per heavy atom. The average Bonchev–Trinajstić information content (AvgIpc) is 3.18. The Morgan fingerprint density at radius 1 is 1.00 bits per heavy atom. The van der Waals surface area contributed by atoms with Crippen LogP contribution < -0.4 is 0 Å². The van der Waals surface area contributed by atoms with Gasteiger partial charge in [-0.3, -0.25) is 14.8 Å². The number of nitrogens with zero attached hydrogens (tertiary/aromatic N) is 4. The molecule has 0 saturated carbocycles. The summed E-state index contributed by atoms with van der Waals surface area (Å²) in [5.41, 5.74) is 5.78. The van der Waals surface area contributed by atoms with Crippen LogP contribution in [0.1, 0.15) is 28.9 Å². The van der Waals surface area contributed by atoms with Crippen molar-refractivity contribution in [1.82, 2.24) is 15.0 Å².